The maximum atomic E-state index is 13.3. The van der Waals surface area contributed by atoms with E-state index < -0.39 is 0 Å². The zero-order chi connectivity index (χ0) is 19.8. The minimum absolute atomic E-state index is 0.0717. The van der Waals surface area contributed by atoms with E-state index in [1.165, 1.54) is 11.8 Å². The standard InChI is InChI=1S/C22H23N3O2S/c1-14-7-6-10-19(15(14)2)25-21(27)17-8-4-5-9-18(17)23-22(25)28-13-20(26)24(3)16-11-12-16/h4-10,16H,11-13H2,1-3H3. The highest BCUT2D eigenvalue weighted by molar-refractivity contribution is 7.99. The third-order valence-electron chi connectivity index (χ3n) is 5.37. The van der Waals surface area contributed by atoms with E-state index in [4.69, 9.17) is 4.98 Å². The Balaban J connectivity index is 1.80. The molecule has 0 atom stereocenters. The summed E-state index contributed by atoms with van der Waals surface area (Å²) in [5.74, 6) is 0.338. The fraction of sp³-hybridized carbons (Fsp3) is 0.318. The van der Waals surface area contributed by atoms with E-state index in [1.807, 2.05) is 62.2 Å². The largest absolute Gasteiger partial charge is 0.342 e. The second-order valence-electron chi connectivity index (χ2n) is 7.30. The number of para-hydroxylation sites is 1. The fourth-order valence-corrected chi connectivity index (χ4v) is 4.22. The predicted molar refractivity (Wildman–Crippen MR) is 113 cm³/mol. The summed E-state index contributed by atoms with van der Waals surface area (Å²) in [6.07, 6.45) is 2.16. The number of hydrogen-bond donors (Lipinski definition) is 0. The van der Waals surface area contributed by atoms with Gasteiger partial charge in [0.05, 0.1) is 22.3 Å². The van der Waals surface area contributed by atoms with Crippen molar-refractivity contribution < 1.29 is 4.79 Å². The highest BCUT2D eigenvalue weighted by atomic mass is 32.2. The second-order valence-corrected chi connectivity index (χ2v) is 8.24. The molecule has 4 rings (SSSR count). The summed E-state index contributed by atoms with van der Waals surface area (Å²) in [6.45, 7) is 4.03. The lowest BCUT2D eigenvalue weighted by molar-refractivity contribution is -0.127. The number of hydrogen-bond acceptors (Lipinski definition) is 4. The van der Waals surface area contributed by atoms with Gasteiger partial charge < -0.3 is 4.90 Å². The van der Waals surface area contributed by atoms with Crippen molar-refractivity contribution in [2.45, 2.75) is 37.9 Å². The Kier molecular flexibility index (Phi) is 4.98. The Morgan fingerprint density at radius 1 is 1.18 bits per heavy atom. The van der Waals surface area contributed by atoms with Crippen LogP contribution in [0.2, 0.25) is 0 Å². The molecule has 0 spiro atoms. The molecule has 0 bridgehead atoms. The SMILES string of the molecule is Cc1cccc(-n2c(SCC(=O)N(C)C3CC3)nc3ccccc3c2=O)c1C. The maximum Gasteiger partial charge on any atom is 0.266 e. The topological polar surface area (TPSA) is 55.2 Å². The van der Waals surface area contributed by atoms with Gasteiger partial charge in [0.25, 0.3) is 5.56 Å². The Bertz CT molecular complexity index is 1120. The molecule has 1 fully saturated rings. The molecular formula is C22H23N3O2S. The van der Waals surface area contributed by atoms with Gasteiger partial charge >= 0.3 is 0 Å². The minimum Gasteiger partial charge on any atom is -0.342 e. The molecule has 3 aromatic rings. The maximum absolute atomic E-state index is 13.3. The zero-order valence-corrected chi connectivity index (χ0v) is 17.1. The minimum atomic E-state index is -0.107. The van der Waals surface area contributed by atoms with E-state index in [1.54, 1.807) is 10.6 Å². The molecule has 1 aliphatic rings. The normalized spacial score (nSPS) is 13.7. The van der Waals surface area contributed by atoms with Crippen molar-refractivity contribution in [3.05, 3.63) is 63.9 Å². The van der Waals surface area contributed by atoms with Crippen molar-refractivity contribution in [3.8, 4) is 5.69 Å². The smallest absolute Gasteiger partial charge is 0.266 e. The van der Waals surface area contributed by atoms with Gasteiger partial charge in [0.1, 0.15) is 0 Å². The molecule has 0 aliphatic heterocycles. The van der Waals surface area contributed by atoms with Crippen LogP contribution in [0.15, 0.2) is 52.4 Å². The van der Waals surface area contributed by atoms with Crippen LogP contribution in [0.1, 0.15) is 24.0 Å². The first kappa shape index (κ1) is 18.7. The van der Waals surface area contributed by atoms with Gasteiger partial charge in [0.2, 0.25) is 5.91 Å². The Morgan fingerprint density at radius 2 is 1.93 bits per heavy atom. The van der Waals surface area contributed by atoms with Gasteiger partial charge in [-0.25, -0.2) is 4.98 Å². The summed E-state index contributed by atoms with van der Waals surface area (Å²) < 4.78 is 1.65. The summed E-state index contributed by atoms with van der Waals surface area (Å²) in [5.41, 5.74) is 3.50. The third-order valence-corrected chi connectivity index (χ3v) is 6.30. The summed E-state index contributed by atoms with van der Waals surface area (Å²) in [6, 6.07) is 13.6. The average molecular weight is 394 g/mol. The van der Waals surface area contributed by atoms with E-state index in [-0.39, 0.29) is 17.2 Å². The first-order chi connectivity index (χ1) is 13.5. The van der Waals surface area contributed by atoms with Gasteiger partial charge in [-0.2, -0.15) is 0 Å². The highest BCUT2D eigenvalue weighted by Gasteiger charge is 2.29. The lowest BCUT2D eigenvalue weighted by atomic mass is 10.1. The van der Waals surface area contributed by atoms with Crippen LogP contribution in [0.5, 0.6) is 0 Å². The average Bonchev–Trinajstić information content (AvgIpc) is 3.53. The lowest BCUT2D eigenvalue weighted by Gasteiger charge is -2.18. The van der Waals surface area contributed by atoms with Crippen LogP contribution in [0.3, 0.4) is 0 Å². The first-order valence-corrected chi connectivity index (χ1v) is 10.4. The van der Waals surface area contributed by atoms with Crippen LogP contribution in [0, 0.1) is 13.8 Å². The molecule has 6 heteroatoms. The van der Waals surface area contributed by atoms with Crippen LogP contribution in [0.25, 0.3) is 16.6 Å². The van der Waals surface area contributed by atoms with Crippen molar-refractivity contribution in [1.82, 2.24) is 14.5 Å². The van der Waals surface area contributed by atoms with Gasteiger partial charge in [0, 0.05) is 13.1 Å². The molecule has 0 unspecified atom stereocenters. The highest BCUT2D eigenvalue weighted by Crippen LogP contribution is 2.28. The quantitative estimate of drug-likeness (QED) is 0.490. The zero-order valence-electron chi connectivity index (χ0n) is 16.3. The van der Waals surface area contributed by atoms with Gasteiger partial charge in [-0.05, 0) is 56.0 Å². The third kappa shape index (κ3) is 3.44. The van der Waals surface area contributed by atoms with Crippen LogP contribution in [-0.2, 0) is 4.79 Å². The molecule has 0 N–H and O–H groups in total. The Morgan fingerprint density at radius 3 is 2.68 bits per heavy atom. The van der Waals surface area contributed by atoms with E-state index >= 15 is 0 Å². The number of aryl methyl sites for hydroxylation is 1. The predicted octanol–water partition coefficient (Wildman–Crippen LogP) is 3.72. The fourth-order valence-electron chi connectivity index (χ4n) is 3.29. The van der Waals surface area contributed by atoms with E-state index in [0.717, 1.165) is 29.7 Å². The molecule has 1 saturated carbocycles. The van der Waals surface area contributed by atoms with E-state index in [9.17, 15) is 9.59 Å². The van der Waals surface area contributed by atoms with Crippen LogP contribution >= 0.6 is 11.8 Å². The Labute approximate surface area is 168 Å². The number of fused-ring (bicyclic) bond motifs is 1. The van der Waals surface area contributed by atoms with Crippen molar-refractivity contribution >= 4 is 28.6 Å². The molecule has 1 heterocycles. The number of carbonyl (C=O) groups is 1. The summed E-state index contributed by atoms with van der Waals surface area (Å²) >= 11 is 1.33. The number of amides is 1. The van der Waals surface area contributed by atoms with Crippen molar-refractivity contribution in [2.24, 2.45) is 0 Å². The molecule has 0 radical (unpaired) electrons. The van der Waals surface area contributed by atoms with Crippen LogP contribution < -0.4 is 5.56 Å². The van der Waals surface area contributed by atoms with Gasteiger partial charge in [-0.15, -0.1) is 0 Å². The van der Waals surface area contributed by atoms with Gasteiger partial charge in [-0.1, -0.05) is 36.0 Å². The van der Waals surface area contributed by atoms with Crippen molar-refractivity contribution in [1.29, 1.82) is 0 Å². The number of rotatable bonds is 5. The Hall–Kier alpha value is -2.60. The van der Waals surface area contributed by atoms with Crippen molar-refractivity contribution in [3.63, 3.8) is 0 Å². The van der Waals surface area contributed by atoms with Crippen LogP contribution in [-0.4, -0.2) is 39.2 Å². The molecule has 0 saturated heterocycles. The number of carbonyl (C=O) groups excluding carboxylic acids is 1. The number of aromatic nitrogens is 2. The number of benzene rings is 2. The molecule has 1 amide bonds. The molecule has 144 valence electrons. The molecular weight excluding hydrogens is 370 g/mol. The summed E-state index contributed by atoms with van der Waals surface area (Å²) in [7, 11) is 1.85. The van der Waals surface area contributed by atoms with E-state index in [0.29, 0.717) is 22.1 Å². The molecule has 5 nitrogen and oxygen atoms in total. The van der Waals surface area contributed by atoms with E-state index in [2.05, 4.69) is 0 Å². The van der Waals surface area contributed by atoms with Gasteiger partial charge in [0.15, 0.2) is 5.16 Å². The monoisotopic (exact) mass is 393 g/mol. The summed E-state index contributed by atoms with van der Waals surface area (Å²) in [5, 5.41) is 1.13. The van der Waals surface area contributed by atoms with Gasteiger partial charge in [-0.3, -0.25) is 14.2 Å². The molecule has 1 aromatic heterocycles. The summed E-state index contributed by atoms with van der Waals surface area (Å²) in [4.78, 5) is 32.4. The van der Waals surface area contributed by atoms with Crippen LogP contribution in [0.4, 0.5) is 0 Å². The van der Waals surface area contributed by atoms with Crippen molar-refractivity contribution in [2.75, 3.05) is 12.8 Å². The number of thioether (sulfide) groups is 1. The second kappa shape index (κ2) is 7.43. The molecule has 1 aliphatic carbocycles. The lowest BCUT2D eigenvalue weighted by Crippen LogP contribution is -2.30. The number of nitrogens with zero attached hydrogens (tertiary/aromatic N) is 3. The molecule has 2 aromatic carbocycles. The molecule has 28 heavy (non-hydrogen) atoms. The first-order valence-electron chi connectivity index (χ1n) is 9.44.